The van der Waals surface area contributed by atoms with Crippen molar-refractivity contribution in [2.75, 3.05) is 19.6 Å². The van der Waals surface area contributed by atoms with Gasteiger partial charge in [0.2, 0.25) is 11.8 Å². The van der Waals surface area contributed by atoms with Crippen molar-refractivity contribution in [2.24, 2.45) is 5.92 Å². The van der Waals surface area contributed by atoms with Gasteiger partial charge in [-0.25, -0.2) is 4.79 Å². The molecule has 1 saturated heterocycles. The highest BCUT2D eigenvalue weighted by atomic mass is 16.2. The Morgan fingerprint density at radius 1 is 1.08 bits per heavy atom. The van der Waals surface area contributed by atoms with Gasteiger partial charge >= 0.3 is 6.03 Å². The molecule has 2 N–H and O–H groups in total. The zero-order valence-corrected chi connectivity index (χ0v) is 17.2. The first-order valence-corrected chi connectivity index (χ1v) is 9.86. The Kier molecular flexibility index (Phi) is 8.88. The lowest BCUT2D eigenvalue weighted by Gasteiger charge is -2.41. The van der Waals surface area contributed by atoms with E-state index < -0.39 is 6.04 Å². The number of amides is 4. The van der Waals surface area contributed by atoms with E-state index in [2.05, 4.69) is 10.6 Å². The molecule has 1 aliphatic rings. The molecule has 4 amide bonds. The number of nitrogens with one attached hydrogen (secondary N) is 2. The zero-order valence-electron chi connectivity index (χ0n) is 17.2. The molecule has 150 valence electrons. The van der Waals surface area contributed by atoms with Gasteiger partial charge < -0.3 is 20.4 Å². The monoisotopic (exact) mass is 368 g/mol. The zero-order chi connectivity index (χ0) is 19.9. The van der Waals surface area contributed by atoms with Gasteiger partial charge in [-0.3, -0.25) is 9.59 Å². The summed E-state index contributed by atoms with van der Waals surface area (Å²) < 4.78 is 0. The van der Waals surface area contributed by atoms with Crippen LogP contribution >= 0.6 is 0 Å². The molecule has 0 aromatic carbocycles. The van der Waals surface area contributed by atoms with Gasteiger partial charge in [0, 0.05) is 38.1 Å². The minimum Gasteiger partial charge on any atom is -0.344 e. The van der Waals surface area contributed by atoms with Crippen molar-refractivity contribution in [2.45, 2.75) is 78.9 Å². The topological polar surface area (TPSA) is 81.8 Å². The lowest BCUT2D eigenvalue weighted by molar-refractivity contribution is -0.140. The van der Waals surface area contributed by atoms with Crippen LogP contribution in [0.5, 0.6) is 0 Å². The second-order valence-corrected chi connectivity index (χ2v) is 7.61. The van der Waals surface area contributed by atoms with Gasteiger partial charge in [0.25, 0.3) is 0 Å². The lowest BCUT2D eigenvalue weighted by Crippen LogP contribution is -2.61. The molecule has 0 aromatic rings. The highest BCUT2D eigenvalue weighted by Gasteiger charge is 2.35. The van der Waals surface area contributed by atoms with Crippen LogP contribution in [0.15, 0.2) is 0 Å². The van der Waals surface area contributed by atoms with Gasteiger partial charge in [0.15, 0.2) is 0 Å². The van der Waals surface area contributed by atoms with Gasteiger partial charge in [-0.15, -0.1) is 0 Å². The van der Waals surface area contributed by atoms with E-state index in [0.29, 0.717) is 26.1 Å². The summed E-state index contributed by atoms with van der Waals surface area (Å²) in [6.07, 6.45) is 2.00. The standard InChI is InChI=1S/C19H36N4O3/c1-7-9-16(24)21-17(14(5)8-2)18(25)22-10-11-23(15(6)12-22)19(26)20-13(3)4/h13-15,17H,7-12H2,1-6H3,(H,20,26)(H,21,24). The van der Waals surface area contributed by atoms with E-state index in [1.807, 2.05) is 41.5 Å². The maximum absolute atomic E-state index is 13.0. The Labute approximate surface area is 157 Å². The minimum absolute atomic E-state index is 0.0421. The largest absolute Gasteiger partial charge is 0.344 e. The number of hydrogen-bond acceptors (Lipinski definition) is 3. The summed E-state index contributed by atoms with van der Waals surface area (Å²) >= 11 is 0. The van der Waals surface area contributed by atoms with Gasteiger partial charge in [0.1, 0.15) is 6.04 Å². The highest BCUT2D eigenvalue weighted by Crippen LogP contribution is 2.16. The van der Waals surface area contributed by atoms with E-state index in [9.17, 15) is 14.4 Å². The molecule has 26 heavy (non-hydrogen) atoms. The summed E-state index contributed by atoms with van der Waals surface area (Å²) in [6.45, 7) is 13.2. The fraction of sp³-hybridized carbons (Fsp3) is 0.842. The Bertz CT molecular complexity index is 495. The third-order valence-corrected chi connectivity index (χ3v) is 4.88. The smallest absolute Gasteiger partial charge is 0.317 e. The third-order valence-electron chi connectivity index (χ3n) is 4.88. The molecule has 1 fully saturated rings. The van der Waals surface area contributed by atoms with Crippen LogP contribution in [0.2, 0.25) is 0 Å². The van der Waals surface area contributed by atoms with E-state index in [-0.39, 0.29) is 35.8 Å². The fourth-order valence-corrected chi connectivity index (χ4v) is 3.14. The third kappa shape index (κ3) is 6.18. The summed E-state index contributed by atoms with van der Waals surface area (Å²) in [4.78, 5) is 40.9. The number of urea groups is 1. The Balaban J connectivity index is 2.75. The van der Waals surface area contributed by atoms with Gasteiger partial charge in [-0.2, -0.15) is 0 Å². The first-order valence-electron chi connectivity index (χ1n) is 9.86. The molecule has 1 rings (SSSR count). The van der Waals surface area contributed by atoms with E-state index >= 15 is 0 Å². The Morgan fingerprint density at radius 3 is 2.23 bits per heavy atom. The molecule has 3 atom stereocenters. The number of piperazine rings is 1. The van der Waals surface area contributed by atoms with Crippen molar-refractivity contribution in [3.63, 3.8) is 0 Å². The number of nitrogens with zero attached hydrogens (tertiary/aromatic N) is 2. The minimum atomic E-state index is -0.498. The normalized spacial score (nSPS) is 19.9. The van der Waals surface area contributed by atoms with Crippen LogP contribution in [0.1, 0.15) is 60.8 Å². The van der Waals surface area contributed by atoms with Crippen LogP contribution in [0.3, 0.4) is 0 Å². The van der Waals surface area contributed by atoms with E-state index in [1.165, 1.54) is 0 Å². The maximum Gasteiger partial charge on any atom is 0.317 e. The van der Waals surface area contributed by atoms with Crippen molar-refractivity contribution >= 4 is 17.8 Å². The molecule has 7 heteroatoms. The van der Waals surface area contributed by atoms with Crippen molar-refractivity contribution in [1.29, 1.82) is 0 Å². The number of carbonyl (C=O) groups excluding carboxylic acids is 3. The average molecular weight is 369 g/mol. The van der Waals surface area contributed by atoms with Crippen LogP contribution in [0.4, 0.5) is 4.79 Å². The van der Waals surface area contributed by atoms with E-state index in [4.69, 9.17) is 0 Å². The van der Waals surface area contributed by atoms with Crippen LogP contribution in [-0.4, -0.2) is 65.4 Å². The summed E-state index contributed by atoms with van der Waals surface area (Å²) in [6, 6.07) is -0.565. The summed E-state index contributed by atoms with van der Waals surface area (Å²) in [5.41, 5.74) is 0. The Hall–Kier alpha value is -1.79. The van der Waals surface area contributed by atoms with E-state index in [1.54, 1.807) is 9.80 Å². The molecule has 0 aliphatic carbocycles. The van der Waals surface area contributed by atoms with Gasteiger partial charge in [-0.1, -0.05) is 27.2 Å². The number of hydrogen-bond donors (Lipinski definition) is 2. The van der Waals surface area contributed by atoms with Crippen molar-refractivity contribution in [3.05, 3.63) is 0 Å². The first kappa shape index (κ1) is 22.3. The van der Waals surface area contributed by atoms with Crippen LogP contribution in [0.25, 0.3) is 0 Å². The van der Waals surface area contributed by atoms with Gasteiger partial charge in [-0.05, 0) is 33.1 Å². The molecular weight excluding hydrogens is 332 g/mol. The molecule has 1 aliphatic heterocycles. The molecule has 0 spiro atoms. The fourth-order valence-electron chi connectivity index (χ4n) is 3.14. The quantitative estimate of drug-likeness (QED) is 0.721. The predicted molar refractivity (Wildman–Crippen MR) is 103 cm³/mol. The molecule has 1 heterocycles. The highest BCUT2D eigenvalue weighted by molar-refractivity contribution is 5.88. The van der Waals surface area contributed by atoms with Crippen LogP contribution in [0, 0.1) is 5.92 Å². The molecule has 7 nitrogen and oxygen atoms in total. The maximum atomic E-state index is 13.0. The number of rotatable bonds is 7. The first-order chi connectivity index (χ1) is 12.2. The molecule has 3 unspecified atom stereocenters. The summed E-state index contributed by atoms with van der Waals surface area (Å²) in [5, 5.41) is 5.82. The second kappa shape index (κ2) is 10.4. The summed E-state index contributed by atoms with van der Waals surface area (Å²) in [7, 11) is 0. The molecular formula is C19H36N4O3. The number of carbonyl (C=O) groups is 3. The predicted octanol–water partition coefficient (Wildman–Crippen LogP) is 1.97. The molecule has 0 bridgehead atoms. The Morgan fingerprint density at radius 2 is 1.73 bits per heavy atom. The van der Waals surface area contributed by atoms with Gasteiger partial charge in [0.05, 0.1) is 0 Å². The van der Waals surface area contributed by atoms with Crippen molar-refractivity contribution in [3.8, 4) is 0 Å². The van der Waals surface area contributed by atoms with E-state index in [0.717, 1.165) is 12.8 Å². The summed E-state index contributed by atoms with van der Waals surface area (Å²) in [5.74, 6) is -0.0467. The molecule has 0 saturated carbocycles. The molecule has 0 radical (unpaired) electrons. The second-order valence-electron chi connectivity index (χ2n) is 7.61. The average Bonchev–Trinajstić information content (AvgIpc) is 2.57. The SMILES string of the molecule is CCCC(=O)NC(C(=O)N1CCN(C(=O)NC(C)C)C(C)C1)C(C)CC. The lowest BCUT2D eigenvalue weighted by atomic mass is 9.97. The van der Waals surface area contributed by atoms with Crippen molar-refractivity contribution < 1.29 is 14.4 Å². The van der Waals surface area contributed by atoms with Crippen LogP contribution in [-0.2, 0) is 9.59 Å². The molecule has 0 aromatic heterocycles. The van der Waals surface area contributed by atoms with Crippen LogP contribution < -0.4 is 10.6 Å². The van der Waals surface area contributed by atoms with Crippen molar-refractivity contribution in [1.82, 2.24) is 20.4 Å².